The summed E-state index contributed by atoms with van der Waals surface area (Å²) in [6.07, 6.45) is 8.86. The lowest BCUT2D eigenvalue weighted by molar-refractivity contribution is 0.0229. The summed E-state index contributed by atoms with van der Waals surface area (Å²) in [7, 11) is 0. The molecule has 15 heavy (non-hydrogen) atoms. The normalized spacial score (nSPS) is 39.2. The topological polar surface area (TPSA) is 32.3 Å². The van der Waals surface area contributed by atoms with Crippen molar-refractivity contribution >= 4 is 0 Å². The molecule has 2 N–H and O–H groups in total. The van der Waals surface area contributed by atoms with Crippen molar-refractivity contribution in [3.05, 3.63) is 0 Å². The summed E-state index contributed by atoms with van der Waals surface area (Å²) in [5.74, 6) is 1.34. The molecule has 1 saturated carbocycles. The lowest BCUT2D eigenvalue weighted by Crippen LogP contribution is -2.43. The highest BCUT2D eigenvalue weighted by Gasteiger charge is 2.35. The molecule has 2 fully saturated rings. The van der Waals surface area contributed by atoms with E-state index >= 15 is 0 Å². The van der Waals surface area contributed by atoms with E-state index in [1.165, 1.54) is 44.9 Å². The zero-order chi connectivity index (χ0) is 10.7. The Morgan fingerprint density at radius 2 is 2.00 bits per heavy atom. The largest absolute Gasteiger partial charge is 0.391 e. The van der Waals surface area contributed by atoms with E-state index in [0.717, 1.165) is 12.5 Å². The third kappa shape index (κ3) is 2.54. The van der Waals surface area contributed by atoms with Crippen molar-refractivity contribution < 1.29 is 5.11 Å². The second-order valence-corrected chi connectivity index (χ2v) is 5.31. The summed E-state index contributed by atoms with van der Waals surface area (Å²) in [6, 6.07) is 0.391. The van der Waals surface area contributed by atoms with Crippen molar-refractivity contribution in [2.24, 2.45) is 11.8 Å². The van der Waals surface area contributed by atoms with E-state index in [1.807, 2.05) is 0 Å². The summed E-state index contributed by atoms with van der Waals surface area (Å²) in [4.78, 5) is 0. The van der Waals surface area contributed by atoms with Crippen LogP contribution in [0.15, 0.2) is 0 Å². The van der Waals surface area contributed by atoms with E-state index in [2.05, 4.69) is 12.2 Å². The first-order chi connectivity index (χ1) is 7.33. The van der Waals surface area contributed by atoms with Crippen LogP contribution in [0.1, 0.15) is 51.9 Å². The number of aliphatic hydroxyl groups is 1. The first kappa shape index (κ1) is 11.4. The summed E-state index contributed by atoms with van der Waals surface area (Å²) in [5, 5.41) is 13.9. The van der Waals surface area contributed by atoms with Crippen LogP contribution in [0.3, 0.4) is 0 Å². The van der Waals surface area contributed by atoms with Crippen LogP contribution in [0.4, 0.5) is 0 Å². The molecule has 1 saturated heterocycles. The molecule has 2 nitrogen and oxygen atoms in total. The van der Waals surface area contributed by atoms with Gasteiger partial charge in [0.2, 0.25) is 0 Å². The van der Waals surface area contributed by atoms with Crippen LogP contribution in [0, 0.1) is 11.8 Å². The monoisotopic (exact) mass is 211 g/mol. The van der Waals surface area contributed by atoms with Gasteiger partial charge in [0.15, 0.2) is 0 Å². The van der Waals surface area contributed by atoms with Crippen LogP contribution < -0.4 is 5.32 Å². The second kappa shape index (κ2) is 5.31. The van der Waals surface area contributed by atoms with Gasteiger partial charge in [0.1, 0.15) is 0 Å². The van der Waals surface area contributed by atoms with Gasteiger partial charge in [-0.25, -0.2) is 0 Å². The molecule has 0 aromatic heterocycles. The molecule has 1 heterocycles. The molecule has 4 unspecified atom stereocenters. The first-order valence-electron chi connectivity index (χ1n) is 6.74. The fourth-order valence-corrected chi connectivity index (χ4v) is 3.49. The molecule has 2 heteroatoms. The van der Waals surface area contributed by atoms with Gasteiger partial charge >= 0.3 is 0 Å². The maximum absolute atomic E-state index is 10.4. The van der Waals surface area contributed by atoms with Crippen LogP contribution >= 0.6 is 0 Å². The maximum atomic E-state index is 10.4. The summed E-state index contributed by atoms with van der Waals surface area (Å²) < 4.78 is 0. The molecule has 0 aromatic carbocycles. The number of rotatable bonds is 3. The second-order valence-electron chi connectivity index (χ2n) is 5.31. The average molecular weight is 211 g/mol. The summed E-state index contributed by atoms with van der Waals surface area (Å²) >= 11 is 0. The molecule has 0 amide bonds. The van der Waals surface area contributed by atoms with Crippen molar-refractivity contribution in [3.8, 4) is 0 Å². The van der Waals surface area contributed by atoms with Gasteiger partial charge in [-0.05, 0) is 37.6 Å². The molecule has 88 valence electrons. The highest BCUT2D eigenvalue weighted by atomic mass is 16.3. The Labute approximate surface area is 93.5 Å². The van der Waals surface area contributed by atoms with E-state index in [-0.39, 0.29) is 6.10 Å². The summed E-state index contributed by atoms with van der Waals surface area (Å²) in [6.45, 7) is 3.38. The predicted molar refractivity (Wildman–Crippen MR) is 62.8 cm³/mol. The van der Waals surface area contributed by atoms with Crippen LogP contribution in [0.25, 0.3) is 0 Å². The Kier molecular flexibility index (Phi) is 4.04. The molecule has 4 atom stereocenters. The van der Waals surface area contributed by atoms with Crippen molar-refractivity contribution in [3.63, 3.8) is 0 Å². The lowest BCUT2D eigenvalue weighted by Gasteiger charge is -2.36. The van der Waals surface area contributed by atoms with Crippen molar-refractivity contribution in [1.82, 2.24) is 5.32 Å². The molecular formula is C13H25NO. The Morgan fingerprint density at radius 1 is 1.20 bits per heavy atom. The predicted octanol–water partition coefficient (Wildman–Crippen LogP) is 2.32. The molecule has 2 aliphatic rings. The minimum atomic E-state index is -0.0854. The van der Waals surface area contributed by atoms with Gasteiger partial charge in [0.05, 0.1) is 6.10 Å². The lowest BCUT2D eigenvalue weighted by atomic mass is 9.73. The number of nitrogens with one attached hydrogen (secondary N) is 1. The number of hydrogen-bond acceptors (Lipinski definition) is 2. The number of hydrogen-bond donors (Lipinski definition) is 2. The third-order valence-corrected chi connectivity index (χ3v) is 4.44. The van der Waals surface area contributed by atoms with Crippen molar-refractivity contribution in [2.45, 2.75) is 64.0 Å². The molecule has 0 aromatic rings. The SMILES string of the molecule is CCC1CCCCC1C(O)C1CCCN1. The van der Waals surface area contributed by atoms with Crippen LogP contribution in [0.2, 0.25) is 0 Å². The van der Waals surface area contributed by atoms with E-state index in [9.17, 15) is 5.11 Å². The smallest absolute Gasteiger partial charge is 0.0723 e. The van der Waals surface area contributed by atoms with Crippen LogP contribution in [0.5, 0.6) is 0 Å². The molecule has 1 aliphatic carbocycles. The highest BCUT2D eigenvalue weighted by molar-refractivity contribution is 4.89. The molecule has 0 bridgehead atoms. The van der Waals surface area contributed by atoms with E-state index < -0.39 is 0 Å². The van der Waals surface area contributed by atoms with Gasteiger partial charge in [-0.15, -0.1) is 0 Å². The summed E-state index contributed by atoms with van der Waals surface area (Å²) in [5.41, 5.74) is 0. The minimum Gasteiger partial charge on any atom is -0.391 e. The minimum absolute atomic E-state index is 0.0854. The Bertz CT molecular complexity index is 189. The quantitative estimate of drug-likeness (QED) is 0.751. The third-order valence-electron chi connectivity index (χ3n) is 4.44. The molecule has 2 rings (SSSR count). The average Bonchev–Trinajstić information content (AvgIpc) is 2.81. The molecule has 1 aliphatic heterocycles. The maximum Gasteiger partial charge on any atom is 0.0723 e. The standard InChI is InChI=1S/C13H25NO/c1-2-10-6-3-4-7-11(10)13(15)12-8-5-9-14-12/h10-15H,2-9H2,1H3. The van der Waals surface area contributed by atoms with Gasteiger partial charge in [-0.1, -0.05) is 32.6 Å². The Hall–Kier alpha value is -0.0800. The van der Waals surface area contributed by atoms with Gasteiger partial charge in [0.25, 0.3) is 0 Å². The van der Waals surface area contributed by atoms with Crippen molar-refractivity contribution in [1.29, 1.82) is 0 Å². The molecule has 0 spiro atoms. The Morgan fingerprint density at radius 3 is 2.67 bits per heavy atom. The van der Waals surface area contributed by atoms with Gasteiger partial charge in [0, 0.05) is 6.04 Å². The van der Waals surface area contributed by atoms with Crippen molar-refractivity contribution in [2.75, 3.05) is 6.54 Å². The van der Waals surface area contributed by atoms with E-state index in [1.54, 1.807) is 0 Å². The number of aliphatic hydroxyl groups excluding tert-OH is 1. The molecule has 0 radical (unpaired) electrons. The van der Waals surface area contributed by atoms with Gasteiger partial charge in [-0.2, -0.15) is 0 Å². The van der Waals surface area contributed by atoms with Crippen LogP contribution in [-0.2, 0) is 0 Å². The zero-order valence-electron chi connectivity index (χ0n) is 9.91. The molecular weight excluding hydrogens is 186 g/mol. The van der Waals surface area contributed by atoms with E-state index in [4.69, 9.17) is 0 Å². The van der Waals surface area contributed by atoms with E-state index in [0.29, 0.717) is 12.0 Å². The Balaban J connectivity index is 1.93. The highest BCUT2D eigenvalue weighted by Crippen LogP contribution is 2.36. The fraction of sp³-hybridized carbons (Fsp3) is 1.00. The first-order valence-corrected chi connectivity index (χ1v) is 6.74. The fourth-order valence-electron chi connectivity index (χ4n) is 3.49. The van der Waals surface area contributed by atoms with Gasteiger partial charge < -0.3 is 10.4 Å². The van der Waals surface area contributed by atoms with Gasteiger partial charge in [-0.3, -0.25) is 0 Å². The zero-order valence-corrected chi connectivity index (χ0v) is 9.91. The van der Waals surface area contributed by atoms with Crippen LogP contribution in [-0.4, -0.2) is 23.8 Å².